The maximum absolute atomic E-state index is 13.0. The standard InChI is InChI=1S/C21H31N7O/c1-14-15(2)23-19(24-20(14)27-7-6-18(13-27)25(3)4)21(29)28-11-17(12-28)8-16-9-22-26(5)10-16/h9-10,17-18H,6-8,11-13H2,1-5H3/t18-/m1/s1. The van der Waals surface area contributed by atoms with Gasteiger partial charge in [-0.15, -0.1) is 0 Å². The van der Waals surface area contributed by atoms with E-state index < -0.39 is 0 Å². The first kappa shape index (κ1) is 19.8. The van der Waals surface area contributed by atoms with Crippen LogP contribution < -0.4 is 4.90 Å². The van der Waals surface area contributed by atoms with Gasteiger partial charge in [-0.05, 0) is 52.3 Å². The van der Waals surface area contributed by atoms with E-state index >= 15 is 0 Å². The van der Waals surface area contributed by atoms with Crippen LogP contribution in [0.4, 0.5) is 5.82 Å². The van der Waals surface area contributed by atoms with Gasteiger partial charge in [-0.25, -0.2) is 9.97 Å². The molecule has 0 radical (unpaired) electrons. The largest absolute Gasteiger partial charge is 0.355 e. The van der Waals surface area contributed by atoms with E-state index in [2.05, 4.69) is 40.9 Å². The van der Waals surface area contributed by atoms with Gasteiger partial charge in [-0.1, -0.05) is 0 Å². The lowest BCUT2D eigenvalue weighted by atomic mass is 9.93. The Bertz CT molecular complexity index is 900. The Labute approximate surface area is 172 Å². The Kier molecular flexibility index (Phi) is 5.29. The van der Waals surface area contributed by atoms with Crippen LogP contribution in [0.5, 0.6) is 0 Å². The molecule has 1 atom stereocenters. The molecule has 2 aliphatic heterocycles. The number of likely N-dealkylation sites (tertiary alicyclic amines) is 1. The second-order valence-corrected chi connectivity index (χ2v) is 8.74. The highest BCUT2D eigenvalue weighted by Crippen LogP contribution is 2.27. The minimum atomic E-state index is -0.0554. The first-order valence-corrected chi connectivity index (χ1v) is 10.3. The van der Waals surface area contributed by atoms with Crippen molar-refractivity contribution in [1.82, 2.24) is 29.5 Å². The van der Waals surface area contributed by atoms with Gasteiger partial charge >= 0.3 is 0 Å². The molecule has 1 amide bonds. The Morgan fingerprint density at radius 2 is 1.97 bits per heavy atom. The van der Waals surface area contributed by atoms with Crippen LogP contribution in [0.1, 0.15) is 33.9 Å². The van der Waals surface area contributed by atoms with E-state index in [-0.39, 0.29) is 5.91 Å². The summed E-state index contributed by atoms with van der Waals surface area (Å²) in [4.78, 5) is 28.7. The quantitative estimate of drug-likeness (QED) is 0.757. The summed E-state index contributed by atoms with van der Waals surface area (Å²) >= 11 is 0. The lowest BCUT2D eigenvalue weighted by Gasteiger charge is -2.38. The van der Waals surface area contributed by atoms with Gasteiger partial charge in [0.25, 0.3) is 5.91 Å². The number of likely N-dealkylation sites (N-methyl/N-ethyl adjacent to an activating group) is 1. The summed E-state index contributed by atoms with van der Waals surface area (Å²) in [6.07, 6.45) is 6.01. The molecule has 29 heavy (non-hydrogen) atoms. The number of hydrogen-bond donors (Lipinski definition) is 0. The summed E-state index contributed by atoms with van der Waals surface area (Å²) in [7, 11) is 6.16. The van der Waals surface area contributed by atoms with Crippen LogP contribution in [0.25, 0.3) is 0 Å². The second-order valence-electron chi connectivity index (χ2n) is 8.74. The van der Waals surface area contributed by atoms with E-state index in [4.69, 9.17) is 4.98 Å². The molecular weight excluding hydrogens is 366 g/mol. The SMILES string of the molecule is Cc1nc(C(=O)N2CC(Cc3cnn(C)c3)C2)nc(N2CC[C@@H](N(C)C)C2)c1C. The van der Waals surface area contributed by atoms with Gasteiger partial charge in [-0.3, -0.25) is 9.48 Å². The average molecular weight is 398 g/mol. The number of aryl methyl sites for hydroxylation is 2. The van der Waals surface area contributed by atoms with Crippen molar-refractivity contribution in [2.24, 2.45) is 13.0 Å². The predicted octanol–water partition coefficient (Wildman–Crippen LogP) is 1.28. The Morgan fingerprint density at radius 1 is 1.21 bits per heavy atom. The van der Waals surface area contributed by atoms with Crippen molar-refractivity contribution in [3.05, 3.63) is 35.0 Å². The average Bonchev–Trinajstić information content (AvgIpc) is 3.28. The van der Waals surface area contributed by atoms with Gasteiger partial charge in [0.2, 0.25) is 5.82 Å². The van der Waals surface area contributed by atoms with Crippen LogP contribution in [0.3, 0.4) is 0 Å². The highest BCUT2D eigenvalue weighted by Gasteiger charge is 2.34. The van der Waals surface area contributed by atoms with E-state index in [0.717, 1.165) is 56.1 Å². The van der Waals surface area contributed by atoms with Gasteiger partial charge < -0.3 is 14.7 Å². The van der Waals surface area contributed by atoms with Crippen molar-refractivity contribution in [2.45, 2.75) is 32.7 Å². The maximum Gasteiger partial charge on any atom is 0.291 e. The minimum absolute atomic E-state index is 0.0554. The summed E-state index contributed by atoms with van der Waals surface area (Å²) in [6.45, 7) is 7.44. The molecule has 8 nitrogen and oxygen atoms in total. The fraction of sp³-hybridized carbons (Fsp3) is 0.619. The molecule has 2 fully saturated rings. The zero-order valence-corrected chi connectivity index (χ0v) is 18.1. The lowest BCUT2D eigenvalue weighted by Crippen LogP contribution is -2.51. The first-order valence-electron chi connectivity index (χ1n) is 10.3. The number of hydrogen-bond acceptors (Lipinski definition) is 6. The van der Waals surface area contributed by atoms with Crippen LogP contribution in [-0.2, 0) is 13.5 Å². The number of carbonyl (C=O) groups excluding carboxylic acids is 1. The topological polar surface area (TPSA) is 70.4 Å². The van der Waals surface area contributed by atoms with Crippen LogP contribution in [-0.4, -0.2) is 81.8 Å². The number of amides is 1. The molecule has 0 aromatic carbocycles. The molecule has 156 valence electrons. The third-order valence-corrected chi connectivity index (χ3v) is 6.28. The zero-order chi connectivity index (χ0) is 20.7. The van der Waals surface area contributed by atoms with Crippen molar-refractivity contribution >= 4 is 11.7 Å². The smallest absolute Gasteiger partial charge is 0.291 e. The van der Waals surface area contributed by atoms with Crippen molar-refractivity contribution in [3.8, 4) is 0 Å². The van der Waals surface area contributed by atoms with Gasteiger partial charge in [0.05, 0.1) is 6.20 Å². The molecule has 4 rings (SSSR count). The van der Waals surface area contributed by atoms with Crippen LogP contribution in [0, 0.1) is 19.8 Å². The number of rotatable bonds is 5. The molecular formula is C21H31N7O. The van der Waals surface area contributed by atoms with Crippen molar-refractivity contribution in [2.75, 3.05) is 45.2 Å². The summed E-state index contributed by atoms with van der Waals surface area (Å²) in [5.41, 5.74) is 3.18. The third-order valence-electron chi connectivity index (χ3n) is 6.28. The molecule has 0 aliphatic carbocycles. The highest BCUT2D eigenvalue weighted by atomic mass is 16.2. The van der Waals surface area contributed by atoms with Gasteiger partial charge in [-0.2, -0.15) is 5.10 Å². The van der Waals surface area contributed by atoms with Crippen LogP contribution in [0.15, 0.2) is 12.4 Å². The predicted molar refractivity (Wildman–Crippen MR) is 112 cm³/mol. The fourth-order valence-electron chi connectivity index (χ4n) is 4.29. The summed E-state index contributed by atoms with van der Waals surface area (Å²) < 4.78 is 1.82. The van der Waals surface area contributed by atoms with E-state index in [0.29, 0.717) is 17.8 Å². The molecule has 0 spiro atoms. The normalized spacial score (nSPS) is 19.9. The lowest BCUT2D eigenvalue weighted by molar-refractivity contribution is 0.0488. The van der Waals surface area contributed by atoms with Gasteiger partial charge in [0.1, 0.15) is 5.82 Å². The number of aromatic nitrogens is 4. The molecule has 0 bridgehead atoms. The zero-order valence-electron chi connectivity index (χ0n) is 18.1. The highest BCUT2D eigenvalue weighted by molar-refractivity contribution is 5.91. The van der Waals surface area contributed by atoms with Crippen LogP contribution >= 0.6 is 0 Å². The Morgan fingerprint density at radius 3 is 2.59 bits per heavy atom. The third kappa shape index (κ3) is 3.99. The summed E-state index contributed by atoms with van der Waals surface area (Å²) in [5, 5.41) is 4.22. The molecule has 2 aromatic heterocycles. The molecule has 8 heteroatoms. The van der Waals surface area contributed by atoms with Gasteiger partial charge in [0.15, 0.2) is 0 Å². The molecule has 4 heterocycles. The number of anilines is 1. The summed E-state index contributed by atoms with van der Waals surface area (Å²) in [6, 6.07) is 0.521. The molecule has 0 N–H and O–H groups in total. The van der Waals surface area contributed by atoms with Crippen molar-refractivity contribution in [3.63, 3.8) is 0 Å². The minimum Gasteiger partial charge on any atom is -0.355 e. The monoisotopic (exact) mass is 397 g/mol. The van der Waals surface area contributed by atoms with Crippen molar-refractivity contribution < 1.29 is 4.79 Å². The van der Waals surface area contributed by atoms with E-state index in [1.807, 2.05) is 35.9 Å². The molecule has 2 saturated heterocycles. The van der Waals surface area contributed by atoms with Crippen molar-refractivity contribution in [1.29, 1.82) is 0 Å². The molecule has 2 aromatic rings. The Balaban J connectivity index is 1.43. The van der Waals surface area contributed by atoms with Gasteiger partial charge in [0, 0.05) is 56.7 Å². The number of carbonyl (C=O) groups is 1. The van der Waals surface area contributed by atoms with E-state index in [1.54, 1.807) is 0 Å². The maximum atomic E-state index is 13.0. The fourth-order valence-corrected chi connectivity index (χ4v) is 4.29. The van der Waals surface area contributed by atoms with E-state index in [9.17, 15) is 4.79 Å². The molecule has 0 unspecified atom stereocenters. The first-order chi connectivity index (χ1) is 13.8. The van der Waals surface area contributed by atoms with Crippen LogP contribution in [0.2, 0.25) is 0 Å². The molecule has 0 saturated carbocycles. The Hall–Kier alpha value is -2.48. The number of nitrogens with zero attached hydrogens (tertiary/aromatic N) is 7. The molecule has 2 aliphatic rings. The second kappa shape index (κ2) is 7.74. The van der Waals surface area contributed by atoms with E-state index in [1.165, 1.54) is 5.56 Å². The summed E-state index contributed by atoms with van der Waals surface area (Å²) in [5.74, 6) is 1.67.